The van der Waals surface area contributed by atoms with Gasteiger partial charge in [0.25, 0.3) is 11.8 Å². The summed E-state index contributed by atoms with van der Waals surface area (Å²) >= 11 is 2.01. The summed E-state index contributed by atoms with van der Waals surface area (Å²) in [7, 11) is 1.52. The summed E-state index contributed by atoms with van der Waals surface area (Å²) in [5.41, 5.74) is 1.74. The highest BCUT2D eigenvalue weighted by Crippen LogP contribution is 2.35. The number of benzene rings is 3. The van der Waals surface area contributed by atoms with Crippen LogP contribution in [0.3, 0.4) is 0 Å². The van der Waals surface area contributed by atoms with E-state index in [4.69, 9.17) is 19.4 Å². The lowest BCUT2D eigenvalue weighted by molar-refractivity contribution is -0.125. The number of aliphatic hydroxyl groups excluding tert-OH is 2. The van der Waals surface area contributed by atoms with Gasteiger partial charge >= 0.3 is 6.03 Å². The van der Waals surface area contributed by atoms with Crippen molar-refractivity contribution in [2.45, 2.75) is 25.3 Å². The van der Waals surface area contributed by atoms with E-state index in [1.54, 1.807) is 54.6 Å². The van der Waals surface area contributed by atoms with E-state index in [-0.39, 0.29) is 43.7 Å². The normalized spacial score (nSPS) is 17.7. The molecule has 11 nitrogen and oxygen atoms in total. The van der Waals surface area contributed by atoms with Crippen molar-refractivity contribution in [2.75, 3.05) is 13.7 Å². The Balaban J connectivity index is 0.000000287. The fourth-order valence-electron chi connectivity index (χ4n) is 4.79. The number of rotatable bonds is 6. The van der Waals surface area contributed by atoms with Crippen molar-refractivity contribution in [3.05, 3.63) is 92.2 Å². The zero-order valence-electron chi connectivity index (χ0n) is 21.8. The topological polar surface area (TPSA) is 162 Å². The largest absolute Gasteiger partial charge is 0.507 e. The van der Waals surface area contributed by atoms with Gasteiger partial charge in [0.05, 0.1) is 30.4 Å². The van der Waals surface area contributed by atoms with Gasteiger partial charge in [0.2, 0.25) is 0 Å². The number of furan rings is 1. The Morgan fingerprint density at radius 3 is 2.39 bits per heavy atom. The van der Waals surface area contributed by atoms with E-state index >= 15 is 0 Å². The number of aliphatic hydroxyl groups is 2. The zero-order chi connectivity index (χ0) is 29.3. The van der Waals surface area contributed by atoms with Crippen LogP contribution < -0.4 is 15.4 Å². The maximum absolute atomic E-state index is 13.0. The number of ether oxygens (including phenoxy) is 1. The first-order valence-corrected chi connectivity index (χ1v) is 13.6. The number of hydrogen-bond acceptors (Lipinski definition) is 8. The number of nitrogens with one attached hydrogen (secondary N) is 2. The Bertz CT molecular complexity index is 1670. The van der Waals surface area contributed by atoms with E-state index in [1.165, 1.54) is 12.0 Å². The molecule has 4 amide bonds. The third kappa shape index (κ3) is 5.45. The zero-order valence-corrected chi connectivity index (χ0v) is 24.0. The second-order valence-electron chi connectivity index (χ2n) is 9.58. The van der Waals surface area contributed by atoms with Gasteiger partial charge in [-0.3, -0.25) is 14.9 Å². The number of amides is 4. The summed E-state index contributed by atoms with van der Waals surface area (Å²) < 4.78 is 11.9. The molecule has 2 aliphatic rings. The molecule has 5 N–H and O–H groups in total. The monoisotopic (exact) mass is 671 g/mol. The summed E-state index contributed by atoms with van der Waals surface area (Å²) in [6.07, 6.45) is 0. The van der Waals surface area contributed by atoms with Crippen LogP contribution in [0, 0.1) is 3.57 Å². The first-order chi connectivity index (χ1) is 19.7. The number of nitrogens with zero attached hydrogens (tertiary/aromatic N) is 1. The standard InChI is InChI=1S/C22H19N3O6.C7H7IO2/c1-30-15-4-3-13-9-25(19(27)16(13)8-15)11-22(20(28)23-21(29)24-22)18-7-14-6-12(10-26)2-5-17(14)31-18;8-6-3-5(4-9)1-2-7(6)10/h2-8,26H,9-11H2,1H3,(H2,23,24,28,29);1-3,9-10H,4H2/t22-;/m0./s1. The van der Waals surface area contributed by atoms with Crippen LogP contribution in [0.1, 0.15) is 32.8 Å². The average molecular weight is 671 g/mol. The van der Waals surface area contributed by atoms with Gasteiger partial charge in [-0.2, -0.15) is 0 Å². The Hall–Kier alpha value is -4.14. The lowest BCUT2D eigenvalue weighted by Gasteiger charge is -2.29. The van der Waals surface area contributed by atoms with Crippen molar-refractivity contribution in [2.24, 2.45) is 0 Å². The molecule has 1 aromatic heterocycles. The SMILES string of the molecule is COc1ccc2c(c1)C(=O)N(C[C@@]1(c3cc4cc(CO)ccc4o3)NC(=O)NC1=O)C2.OCc1ccc(O)c(I)c1. The Labute approximate surface area is 247 Å². The van der Waals surface area contributed by atoms with Gasteiger partial charge in [0, 0.05) is 17.5 Å². The molecule has 3 heterocycles. The third-order valence-corrected chi connectivity index (χ3v) is 7.81. The highest BCUT2D eigenvalue weighted by Gasteiger charge is 2.53. The molecule has 3 aromatic carbocycles. The molecule has 12 heteroatoms. The van der Waals surface area contributed by atoms with Crippen molar-refractivity contribution in [3.8, 4) is 11.5 Å². The van der Waals surface area contributed by atoms with E-state index in [2.05, 4.69) is 10.6 Å². The molecule has 4 aromatic rings. The van der Waals surface area contributed by atoms with E-state index in [1.807, 2.05) is 28.7 Å². The fraction of sp³-hybridized carbons (Fsp3) is 0.207. The van der Waals surface area contributed by atoms with Crippen molar-refractivity contribution in [1.82, 2.24) is 15.5 Å². The third-order valence-electron chi connectivity index (χ3n) is 6.94. The minimum Gasteiger partial charge on any atom is -0.507 e. The van der Waals surface area contributed by atoms with Gasteiger partial charge in [0.15, 0.2) is 5.54 Å². The summed E-state index contributed by atoms with van der Waals surface area (Å²) in [6, 6.07) is 16.4. The molecule has 0 radical (unpaired) electrons. The molecule has 1 fully saturated rings. The van der Waals surface area contributed by atoms with Crippen LogP contribution in [0.25, 0.3) is 11.0 Å². The highest BCUT2D eigenvalue weighted by molar-refractivity contribution is 14.1. The van der Waals surface area contributed by atoms with E-state index in [9.17, 15) is 19.5 Å². The van der Waals surface area contributed by atoms with Crippen molar-refractivity contribution in [1.29, 1.82) is 0 Å². The number of carbonyl (C=O) groups excluding carboxylic acids is 3. The number of phenols is 1. The van der Waals surface area contributed by atoms with E-state index < -0.39 is 17.5 Å². The van der Waals surface area contributed by atoms with Crippen LogP contribution in [0.15, 0.2) is 65.1 Å². The highest BCUT2D eigenvalue weighted by atomic mass is 127. The number of hydrogen-bond donors (Lipinski definition) is 5. The summed E-state index contributed by atoms with van der Waals surface area (Å²) in [6.45, 7) is 0.0735. The van der Waals surface area contributed by atoms with E-state index in [0.29, 0.717) is 27.8 Å². The van der Waals surface area contributed by atoms with Crippen LogP contribution in [-0.4, -0.2) is 51.7 Å². The molecule has 41 heavy (non-hydrogen) atoms. The summed E-state index contributed by atoms with van der Waals surface area (Å²) in [5, 5.41) is 32.7. The quantitative estimate of drug-likeness (QED) is 0.154. The average Bonchev–Trinajstić information content (AvgIpc) is 3.63. The lowest BCUT2D eigenvalue weighted by atomic mass is 9.95. The minimum absolute atomic E-state index is 0.0241. The molecule has 0 bridgehead atoms. The first-order valence-electron chi connectivity index (χ1n) is 12.5. The molecule has 6 rings (SSSR count). The lowest BCUT2D eigenvalue weighted by Crippen LogP contribution is -2.52. The first kappa shape index (κ1) is 28.4. The van der Waals surface area contributed by atoms with Gasteiger partial charge in [0.1, 0.15) is 22.8 Å². The minimum atomic E-state index is -1.57. The molecule has 0 spiro atoms. The number of phenolic OH excluding ortho intramolecular Hbond substituents is 1. The number of fused-ring (bicyclic) bond motifs is 2. The number of methoxy groups -OCH3 is 1. The van der Waals surface area contributed by atoms with Gasteiger partial charge < -0.3 is 34.7 Å². The molecule has 2 aliphatic heterocycles. The predicted molar refractivity (Wildman–Crippen MR) is 155 cm³/mol. The fourth-order valence-corrected chi connectivity index (χ4v) is 5.37. The second-order valence-corrected chi connectivity index (χ2v) is 10.7. The Kier molecular flexibility index (Phi) is 7.89. The van der Waals surface area contributed by atoms with Crippen molar-refractivity contribution in [3.63, 3.8) is 0 Å². The van der Waals surface area contributed by atoms with Gasteiger partial charge in [-0.05, 0) is 81.7 Å². The Morgan fingerprint density at radius 1 is 1.00 bits per heavy atom. The van der Waals surface area contributed by atoms with Crippen LogP contribution >= 0.6 is 22.6 Å². The van der Waals surface area contributed by atoms with Gasteiger partial charge in [-0.1, -0.05) is 18.2 Å². The van der Waals surface area contributed by atoms with Crippen LogP contribution in [0.5, 0.6) is 11.5 Å². The molecule has 1 atom stereocenters. The van der Waals surface area contributed by atoms with Crippen LogP contribution in [-0.2, 0) is 30.1 Å². The molecule has 0 saturated carbocycles. The van der Waals surface area contributed by atoms with Gasteiger partial charge in [-0.25, -0.2) is 4.79 Å². The van der Waals surface area contributed by atoms with Crippen molar-refractivity contribution >= 4 is 51.4 Å². The maximum Gasteiger partial charge on any atom is 0.322 e. The van der Waals surface area contributed by atoms with Crippen molar-refractivity contribution < 1.29 is 38.9 Å². The number of halogens is 1. The second kappa shape index (κ2) is 11.4. The predicted octanol–water partition coefficient (Wildman–Crippen LogP) is 3.11. The summed E-state index contributed by atoms with van der Waals surface area (Å²) in [4.78, 5) is 39.5. The number of urea groups is 1. The van der Waals surface area contributed by atoms with Crippen LogP contribution in [0.4, 0.5) is 4.79 Å². The Morgan fingerprint density at radius 2 is 1.73 bits per heavy atom. The molecular weight excluding hydrogens is 645 g/mol. The molecule has 1 saturated heterocycles. The molecule has 0 aliphatic carbocycles. The molecule has 0 unspecified atom stereocenters. The summed E-state index contributed by atoms with van der Waals surface area (Å²) in [5.74, 6) is 0.175. The van der Waals surface area contributed by atoms with Crippen LogP contribution in [0.2, 0.25) is 0 Å². The van der Waals surface area contributed by atoms with E-state index in [0.717, 1.165) is 14.7 Å². The smallest absolute Gasteiger partial charge is 0.322 e. The number of imide groups is 1. The maximum atomic E-state index is 13.0. The number of aromatic hydroxyl groups is 1. The van der Waals surface area contributed by atoms with Gasteiger partial charge in [-0.15, -0.1) is 0 Å². The number of carbonyl (C=O) groups is 3. The molecular formula is C29H26IN3O8. The molecule has 212 valence electrons.